The van der Waals surface area contributed by atoms with Gasteiger partial charge in [-0.3, -0.25) is 20.2 Å². The number of nitrogens with two attached hydrogens (primary N) is 1. The van der Waals surface area contributed by atoms with Crippen LogP contribution in [-0.4, -0.2) is 31.4 Å². The van der Waals surface area contributed by atoms with Crippen LogP contribution in [-0.2, 0) is 10.0 Å². The van der Waals surface area contributed by atoms with Gasteiger partial charge in [-0.15, -0.1) is 0 Å². The highest BCUT2D eigenvalue weighted by Crippen LogP contribution is 2.27. The molecule has 11 nitrogen and oxygen atoms in total. The Morgan fingerprint density at radius 3 is 2.08 bits per heavy atom. The van der Waals surface area contributed by atoms with Gasteiger partial charge in [0, 0.05) is 37.0 Å². The molecule has 0 saturated heterocycles. The van der Waals surface area contributed by atoms with Crippen molar-refractivity contribution >= 4 is 32.8 Å². The molecule has 0 unspecified atom stereocenters. The van der Waals surface area contributed by atoms with E-state index in [0.717, 1.165) is 6.07 Å². The van der Waals surface area contributed by atoms with Crippen molar-refractivity contribution < 1.29 is 18.3 Å². The molecule has 0 aliphatic rings. The third kappa shape index (κ3) is 4.87. The summed E-state index contributed by atoms with van der Waals surface area (Å²) in [5.74, 6) is 0. The number of non-ortho nitro benzene ring substituents is 1. The molecule has 26 heavy (non-hydrogen) atoms. The molecular formula is C14H15N5O6S. The van der Waals surface area contributed by atoms with Crippen molar-refractivity contribution in [2.24, 2.45) is 5.14 Å². The maximum atomic E-state index is 11.3. The third-order valence-corrected chi connectivity index (χ3v) is 4.25. The fourth-order valence-electron chi connectivity index (χ4n) is 2.09. The van der Waals surface area contributed by atoms with E-state index < -0.39 is 25.6 Å². The van der Waals surface area contributed by atoms with E-state index in [1.807, 2.05) is 0 Å². The minimum absolute atomic E-state index is 0.0285. The van der Waals surface area contributed by atoms with Crippen LogP contribution >= 0.6 is 0 Å². The second-order valence-electron chi connectivity index (χ2n) is 5.14. The van der Waals surface area contributed by atoms with E-state index in [0.29, 0.717) is 12.2 Å². The van der Waals surface area contributed by atoms with Crippen molar-refractivity contribution in [2.45, 2.75) is 4.90 Å². The smallest absolute Gasteiger partial charge is 0.293 e. The molecule has 4 N–H and O–H groups in total. The second kappa shape index (κ2) is 7.76. The van der Waals surface area contributed by atoms with Gasteiger partial charge in [-0.1, -0.05) is 0 Å². The zero-order valence-electron chi connectivity index (χ0n) is 13.3. The van der Waals surface area contributed by atoms with Gasteiger partial charge in [0.1, 0.15) is 5.69 Å². The Balaban J connectivity index is 1.98. The van der Waals surface area contributed by atoms with Crippen LogP contribution in [0.4, 0.5) is 22.7 Å². The summed E-state index contributed by atoms with van der Waals surface area (Å²) in [4.78, 5) is 20.1. The summed E-state index contributed by atoms with van der Waals surface area (Å²) >= 11 is 0. The maximum Gasteiger partial charge on any atom is 0.293 e. The highest BCUT2D eigenvalue weighted by Gasteiger charge is 2.18. The third-order valence-electron chi connectivity index (χ3n) is 3.34. The van der Waals surface area contributed by atoms with Crippen LogP contribution in [0.1, 0.15) is 0 Å². The molecule has 0 bridgehead atoms. The van der Waals surface area contributed by atoms with Crippen LogP contribution in [0.5, 0.6) is 0 Å². The van der Waals surface area contributed by atoms with Gasteiger partial charge in [0.15, 0.2) is 0 Å². The molecule has 0 aliphatic heterocycles. The molecule has 12 heteroatoms. The number of nitro groups is 2. The molecule has 2 aromatic carbocycles. The quantitative estimate of drug-likeness (QED) is 0.352. The van der Waals surface area contributed by atoms with Crippen LogP contribution in [0.25, 0.3) is 0 Å². The Bertz CT molecular complexity index is 929. The molecule has 0 aromatic heterocycles. The summed E-state index contributed by atoms with van der Waals surface area (Å²) < 4.78 is 22.6. The van der Waals surface area contributed by atoms with Crippen LogP contribution in [0.2, 0.25) is 0 Å². The number of sulfonamides is 1. The molecular weight excluding hydrogens is 366 g/mol. The lowest BCUT2D eigenvalue weighted by Gasteiger charge is -2.10. The first-order valence-corrected chi connectivity index (χ1v) is 8.76. The van der Waals surface area contributed by atoms with E-state index in [4.69, 9.17) is 5.14 Å². The van der Waals surface area contributed by atoms with Gasteiger partial charge in [0.2, 0.25) is 10.0 Å². The Hall–Kier alpha value is -3.25. The summed E-state index contributed by atoms with van der Waals surface area (Å²) in [7, 11) is -4.04. The largest absolute Gasteiger partial charge is 0.383 e. The highest BCUT2D eigenvalue weighted by molar-refractivity contribution is 7.89. The molecule has 2 rings (SSSR count). The van der Waals surface area contributed by atoms with Gasteiger partial charge in [-0.2, -0.15) is 0 Å². The molecule has 0 heterocycles. The van der Waals surface area contributed by atoms with Gasteiger partial charge in [0.25, 0.3) is 11.4 Å². The number of benzene rings is 2. The highest BCUT2D eigenvalue weighted by atomic mass is 32.2. The zero-order chi connectivity index (χ0) is 19.3. The molecule has 0 aliphatic carbocycles. The number of rotatable bonds is 8. The van der Waals surface area contributed by atoms with E-state index in [-0.39, 0.29) is 22.8 Å². The lowest BCUT2D eigenvalue weighted by molar-refractivity contribution is -0.384. The molecule has 0 amide bonds. The van der Waals surface area contributed by atoms with E-state index in [2.05, 4.69) is 10.6 Å². The normalized spacial score (nSPS) is 11.0. The van der Waals surface area contributed by atoms with Crippen LogP contribution < -0.4 is 15.8 Å². The fraction of sp³-hybridized carbons (Fsp3) is 0.143. The molecule has 138 valence electrons. The first-order valence-electron chi connectivity index (χ1n) is 7.22. The van der Waals surface area contributed by atoms with Gasteiger partial charge < -0.3 is 10.6 Å². The molecule has 0 radical (unpaired) electrons. The SMILES string of the molecule is NS(=O)(=O)c1ccc(NCCNc2ccc([N+](=O)[O-])cc2)c([N+](=O)[O-])c1. The summed E-state index contributed by atoms with van der Waals surface area (Å²) in [6.45, 7) is 0.651. The standard InChI is InChI=1S/C14H15N5O6S/c15-26(24,25)12-5-6-13(14(9-12)19(22)23)17-8-7-16-10-1-3-11(4-2-10)18(20)21/h1-6,9,16-17H,7-8H2,(H2,15,24,25). The van der Waals surface area contributed by atoms with Gasteiger partial charge in [0.05, 0.1) is 14.7 Å². The summed E-state index contributed by atoms with van der Waals surface area (Å²) in [5, 5.41) is 32.5. The van der Waals surface area contributed by atoms with Crippen molar-refractivity contribution in [2.75, 3.05) is 23.7 Å². The van der Waals surface area contributed by atoms with Crippen molar-refractivity contribution in [3.63, 3.8) is 0 Å². The minimum atomic E-state index is -4.04. The maximum absolute atomic E-state index is 11.3. The molecule has 0 fully saturated rings. The van der Waals surface area contributed by atoms with E-state index in [9.17, 15) is 28.6 Å². The van der Waals surface area contributed by atoms with E-state index in [1.165, 1.54) is 24.3 Å². The molecule has 0 saturated carbocycles. The molecule has 2 aromatic rings. The van der Waals surface area contributed by atoms with Gasteiger partial charge in [-0.25, -0.2) is 13.6 Å². The number of nitrogens with one attached hydrogen (secondary N) is 2. The average molecular weight is 381 g/mol. The Labute approximate surface area is 148 Å². The second-order valence-corrected chi connectivity index (χ2v) is 6.70. The van der Waals surface area contributed by atoms with Crippen molar-refractivity contribution in [3.8, 4) is 0 Å². The number of nitro benzene ring substituents is 2. The topological polar surface area (TPSA) is 170 Å². The number of primary sulfonamides is 1. The van der Waals surface area contributed by atoms with Crippen LogP contribution in [0, 0.1) is 20.2 Å². The Kier molecular flexibility index (Phi) is 5.69. The van der Waals surface area contributed by atoms with Crippen LogP contribution in [0.15, 0.2) is 47.4 Å². The van der Waals surface area contributed by atoms with Crippen LogP contribution in [0.3, 0.4) is 0 Å². The number of nitrogens with zero attached hydrogens (tertiary/aromatic N) is 2. The molecule has 0 spiro atoms. The average Bonchev–Trinajstić information content (AvgIpc) is 2.58. The Morgan fingerprint density at radius 1 is 0.923 bits per heavy atom. The van der Waals surface area contributed by atoms with Gasteiger partial charge in [-0.05, 0) is 24.3 Å². The lowest BCUT2D eigenvalue weighted by atomic mass is 10.2. The number of anilines is 2. The summed E-state index contributed by atoms with van der Waals surface area (Å²) in [5.41, 5.74) is 0.357. The van der Waals surface area contributed by atoms with Crippen molar-refractivity contribution in [1.29, 1.82) is 0 Å². The Morgan fingerprint density at radius 2 is 1.54 bits per heavy atom. The number of hydrogen-bond acceptors (Lipinski definition) is 8. The predicted molar refractivity (Wildman–Crippen MR) is 94.5 cm³/mol. The minimum Gasteiger partial charge on any atom is -0.383 e. The summed E-state index contributed by atoms with van der Waals surface area (Å²) in [6, 6.07) is 9.13. The van der Waals surface area contributed by atoms with Gasteiger partial charge >= 0.3 is 0 Å². The summed E-state index contributed by atoms with van der Waals surface area (Å²) in [6.07, 6.45) is 0. The zero-order valence-corrected chi connectivity index (χ0v) is 14.1. The number of hydrogen-bond donors (Lipinski definition) is 3. The van der Waals surface area contributed by atoms with Crippen molar-refractivity contribution in [3.05, 3.63) is 62.7 Å². The first-order chi connectivity index (χ1) is 12.2. The van der Waals surface area contributed by atoms with Crippen molar-refractivity contribution in [1.82, 2.24) is 0 Å². The molecule has 0 atom stereocenters. The lowest BCUT2D eigenvalue weighted by Crippen LogP contribution is -2.15. The predicted octanol–water partition coefficient (Wildman–Crippen LogP) is 1.67. The van der Waals surface area contributed by atoms with E-state index in [1.54, 1.807) is 12.1 Å². The fourth-order valence-corrected chi connectivity index (χ4v) is 2.63. The monoisotopic (exact) mass is 381 g/mol. The first kappa shape index (κ1) is 19.1. The van der Waals surface area contributed by atoms with E-state index >= 15 is 0 Å².